The molecule has 16 heavy (non-hydrogen) atoms. The van der Waals surface area contributed by atoms with Crippen LogP contribution in [0.5, 0.6) is 0 Å². The van der Waals surface area contributed by atoms with Crippen LogP contribution in [0, 0.1) is 0 Å². The molecular formula is C14H14N2. The van der Waals surface area contributed by atoms with Gasteiger partial charge in [0.05, 0.1) is 0 Å². The second kappa shape index (κ2) is 4.05. The van der Waals surface area contributed by atoms with Crippen LogP contribution in [-0.4, -0.2) is 12.4 Å². The second-order valence-corrected chi connectivity index (χ2v) is 4.28. The van der Waals surface area contributed by atoms with Crippen LogP contribution < -0.4 is 0 Å². The van der Waals surface area contributed by atoms with Crippen molar-refractivity contribution >= 4 is 12.4 Å². The molecule has 0 N–H and O–H groups in total. The molecule has 2 aliphatic rings. The molecular weight excluding hydrogens is 196 g/mol. The molecule has 1 heterocycles. The van der Waals surface area contributed by atoms with E-state index < -0.39 is 0 Å². The second-order valence-electron chi connectivity index (χ2n) is 4.28. The van der Waals surface area contributed by atoms with Gasteiger partial charge in [0.15, 0.2) is 0 Å². The van der Waals surface area contributed by atoms with Crippen molar-refractivity contribution < 1.29 is 0 Å². The van der Waals surface area contributed by atoms with Crippen LogP contribution in [0.2, 0.25) is 0 Å². The highest BCUT2D eigenvalue weighted by Crippen LogP contribution is 2.33. The number of aliphatic imine (C=N–C) groups is 2. The van der Waals surface area contributed by atoms with Crippen molar-refractivity contribution in [2.45, 2.75) is 25.2 Å². The molecule has 3 rings (SSSR count). The lowest BCUT2D eigenvalue weighted by molar-refractivity contribution is 0.626. The number of allylic oxidation sites excluding steroid dienone is 1. The molecule has 1 atom stereocenters. The Morgan fingerprint density at radius 3 is 2.81 bits per heavy atom. The Bertz CT molecular complexity index is 469. The number of benzene rings is 1. The van der Waals surface area contributed by atoms with Gasteiger partial charge in [0.1, 0.15) is 5.82 Å². The smallest absolute Gasteiger partial charge is 0.148 e. The maximum Gasteiger partial charge on any atom is 0.148 e. The number of hydrogen-bond acceptors (Lipinski definition) is 2. The molecule has 1 aromatic carbocycles. The zero-order chi connectivity index (χ0) is 10.8. The van der Waals surface area contributed by atoms with Crippen LogP contribution >= 0.6 is 0 Å². The predicted octanol–water partition coefficient (Wildman–Crippen LogP) is 3.10. The number of hydrogen-bond donors (Lipinski definition) is 0. The van der Waals surface area contributed by atoms with Crippen molar-refractivity contribution in [1.82, 2.24) is 0 Å². The van der Waals surface area contributed by atoms with Gasteiger partial charge in [-0.1, -0.05) is 24.3 Å². The molecule has 0 fully saturated rings. The lowest BCUT2D eigenvalue weighted by Gasteiger charge is -2.22. The molecule has 2 heteroatoms. The summed E-state index contributed by atoms with van der Waals surface area (Å²) in [6, 6.07) is 8.72. The molecule has 80 valence electrons. The van der Waals surface area contributed by atoms with Crippen molar-refractivity contribution in [3.8, 4) is 0 Å². The summed E-state index contributed by atoms with van der Waals surface area (Å²) < 4.78 is 0. The van der Waals surface area contributed by atoms with E-state index in [4.69, 9.17) is 0 Å². The molecule has 0 amide bonds. The standard InChI is InChI=1S/C14H14N2/c1-2-7-13-11(4-1)5-3-6-12(13)10-14-15-8-9-16-14/h1-2,4,7-10,12H,3,5-6H2. The molecule has 0 saturated heterocycles. The Balaban J connectivity index is 1.96. The number of aryl methyl sites for hydroxylation is 1. The summed E-state index contributed by atoms with van der Waals surface area (Å²) in [6.07, 6.45) is 9.38. The monoisotopic (exact) mass is 210 g/mol. The van der Waals surface area contributed by atoms with Crippen LogP contribution in [0.3, 0.4) is 0 Å². The molecule has 2 nitrogen and oxygen atoms in total. The normalized spacial score (nSPS) is 22.2. The number of nitrogens with zero attached hydrogens (tertiary/aromatic N) is 2. The molecule has 1 unspecified atom stereocenters. The van der Waals surface area contributed by atoms with E-state index in [0.29, 0.717) is 5.92 Å². The van der Waals surface area contributed by atoms with E-state index in [1.807, 2.05) is 0 Å². The predicted molar refractivity (Wildman–Crippen MR) is 67.2 cm³/mol. The van der Waals surface area contributed by atoms with Gasteiger partial charge in [-0.25, -0.2) is 9.98 Å². The minimum Gasteiger partial charge on any atom is -0.236 e. The van der Waals surface area contributed by atoms with E-state index in [1.165, 1.54) is 30.4 Å². The molecule has 0 radical (unpaired) electrons. The van der Waals surface area contributed by atoms with E-state index >= 15 is 0 Å². The Kier molecular flexibility index (Phi) is 2.41. The summed E-state index contributed by atoms with van der Waals surface area (Å²) >= 11 is 0. The van der Waals surface area contributed by atoms with Crippen LogP contribution in [0.25, 0.3) is 0 Å². The minimum absolute atomic E-state index is 0.493. The fourth-order valence-electron chi connectivity index (χ4n) is 2.48. The maximum atomic E-state index is 4.22. The SMILES string of the molecule is C1=NC(=CC2CCCc3ccccc32)N=C1. The van der Waals surface area contributed by atoms with Crippen molar-refractivity contribution in [3.63, 3.8) is 0 Å². The van der Waals surface area contributed by atoms with Gasteiger partial charge in [0.25, 0.3) is 0 Å². The average molecular weight is 210 g/mol. The van der Waals surface area contributed by atoms with Crippen LogP contribution in [0.15, 0.2) is 46.1 Å². The summed E-state index contributed by atoms with van der Waals surface area (Å²) in [5, 5.41) is 0. The lowest BCUT2D eigenvalue weighted by Crippen LogP contribution is -2.07. The summed E-state index contributed by atoms with van der Waals surface area (Å²) in [4.78, 5) is 8.43. The van der Waals surface area contributed by atoms with Crippen molar-refractivity contribution in [2.24, 2.45) is 9.98 Å². The molecule has 0 bridgehead atoms. The third-order valence-corrected chi connectivity index (χ3v) is 3.25. The third-order valence-electron chi connectivity index (χ3n) is 3.25. The van der Waals surface area contributed by atoms with Crippen LogP contribution in [-0.2, 0) is 6.42 Å². The van der Waals surface area contributed by atoms with E-state index in [2.05, 4.69) is 40.3 Å². The zero-order valence-corrected chi connectivity index (χ0v) is 9.13. The van der Waals surface area contributed by atoms with E-state index in [-0.39, 0.29) is 0 Å². The summed E-state index contributed by atoms with van der Waals surface area (Å²) in [6.45, 7) is 0. The van der Waals surface area contributed by atoms with Gasteiger partial charge in [0.2, 0.25) is 0 Å². The van der Waals surface area contributed by atoms with Gasteiger partial charge in [-0.05, 0) is 36.5 Å². The van der Waals surface area contributed by atoms with Crippen LogP contribution in [0.1, 0.15) is 29.9 Å². The van der Waals surface area contributed by atoms with Gasteiger partial charge >= 0.3 is 0 Å². The van der Waals surface area contributed by atoms with Gasteiger partial charge < -0.3 is 0 Å². The Hall–Kier alpha value is -1.70. The Morgan fingerprint density at radius 1 is 1.12 bits per heavy atom. The summed E-state index contributed by atoms with van der Waals surface area (Å²) in [5.74, 6) is 1.36. The largest absolute Gasteiger partial charge is 0.236 e. The Labute approximate surface area is 95.4 Å². The number of rotatable bonds is 1. The molecule has 1 aliphatic carbocycles. The molecule has 0 spiro atoms. The highest BCUT2D eigenvalue weighted by Gasteiger charge is 2.18. The fourth-order valence-corrected chi connectivity index (χ4v) is 2.48. The van der Waals surface area contributed by atoms with Crippen molar-refractivity contribution in [2.75, 3.05) is 0 Å². The maximum absolute atomic E-state index is 4.22. The minimum atomic E-state index is 0.493. The van der Waals surface area contributed by atoms with Crippen LogP contribution in [0.4, 0.5) is 0 Å². The first kappa shape index (κ1) is 9.52. The fraction of sp³-hybridized carbons (Fsp3) is 0.286. The van der Waals surface area contributed by atoms with Gasteiger partial charge in [-0.2, -0.15) is 0 Å². The quantitative estimate of drug-likeness (QED) is 0.680. The number of fused-ring (bicyclic) bond motifs is 1. The van der Waals surface area contributed by atoms with Crippen molar-refractivity contribution in [1.29, 1.82) is 0 Å². The summed E-state index contributed by atoms with van der Waals surface area (Å²) in [5.41, 5.74) is 2.94. The Morgan fingerprint density at radius 2 is 1.94 bits per heavy atom. The highest BCUT2D eigenvalue weighted by molar-refractivity contribution is 6.18. The molecule has 1 aliphatic heterocycles. The lowest BCUT2D eigenvalue weighted by atomic mass is 9.83. The first-order valence-electron chi connectivity index (χ1n) is 5.80. The first-order chi connectivity index (χ1) is 7.93. The van der Waals surface area contributed by atoms with E-state index in [9.17, 15) is 0 Å². The first-order valence-corrected chi connectivity index (χ1v) is 5.80. The van der Waals surface area contributed by atoms with Gasteiger partial charge in [0, 0.05) is 18.3 Å². The molecule has 0 aromatic heterocycles. The summed E-state index contributed by atoms with van der Waals surface area (Å²) in [7, 11) is 0. The van der Waals surface area contributed by atoms with Gasteiger partial charge in [-0.3, -0.25) is 0 Å². The highest BCUT2D eigenvalue weighted by atomic mass is 15.0. The van der Waals surface area contributed by atoms with E-state index in [1.54, 1.807) is 12.4 Å². The topological polar surface area (TPSA) is 24.7 Å². The van der Waals surface area contributed by atoms with E-state index in [0.717, 1.165) is 5.82 Å². The average Bonchev–Trinajstić information content (AvgIpc) is 2.82. The van der Waals surface area contributed by atoms with Crippen molar-refractivity contribution in [3.05, 3.63) is 47.3 Å². The van der Waals surface area contributed by atoms with Gasteiger partial charge in [-0.15, -0.1) is 0 Å². The molecule has 1 aromatic rings. The zero-order valence-electron chi connectivity index (χ0n) is 9.13. The molecule has 0 saturated carbocycles. The third kappa shape index (κ3) is 1.71.